The lowest BCUT2D eigenvalue weighted by Crippen LogP contribution is -2.35. The molecule has 1 heterocycles. The van der Waals surface area contributed by atoms with Gasteiger partial charge in [0.05, 0.1) is 35.5 Å². The summed E-state index contributed by atoms with van der Waals surface area (Å²) in [4.78, 5) is 27.1. The maximum absolute atomic E-state index is 13.6. The Hall–Kier alpha value is -5.12. The molecular formula is C33H37N3O7. The third kappa shape index (κ3) is 6.86. The van der Waals surface area contributed by atoms with Crippen molar-refractivity contribution in [2.75, 3.05) is 42.1 Å². The van der Waals surface area contributed by atoms with Crippen LogP contribution in [0.4, 0.5) is 0 Å². The molecule has 4 aromatic rings. The fraction of sp³-hybridized carbons (Fsp3) is 0.273. The molecular weight excluding hydrogens is 550 g/mol. The minimum absolute atomic E-state index is 0.0880. The zero-order chi connectivity index (χ0) is 30.9. The van der Waals surface area contributed by atoms with Crippen LogP contribution in [-0.2, 0) is 17.8 Å². The first kappa shape index (κ1) is 30.8. The standard InChI is InChI=1S/C33H37N3O7/c1-7-36-20-23(24-10-8-9-11-26(24)36)17-25(33(38)34-15-14-21-12-13-27(39-2)28(16-21)40-3)35-32(37)22-18-29(41-4)31(43-6)30(19-22)42-5/h8-13,16-20H,7,14-15H2,1-6H3,(H,34,38)(H,35,37). The topological polar surface area (TPSA) is 109 Å². The molecule has 0 spiro atoms. The number of methoxy groups -OCH3 is 5. The van der Waals surface area contributed by atoms with Crippen molar-refractivity contribution in [1.29, 1.82) is 0 Å². The summed E-state index contributed by atoms with van der Waals surface area (Å²) in [7, 11) is 7.59. The summed E-state index contributed by atoms with van der Waals surface area (Å²) >= 11 is 0. The first-order chi connectivity index (χ1) is 20.9. The summed E-state index contributed by atoms with van der Waals surface area (Å²) in [5.41, 5.74) is 3.10. The first-order valence-electron chi connectivity index (χ1n) is 13.8. The molecule has 0 radical (unpaired) electrons. The molecule has 0 saturated carbocycles. The predicted molar refractivity (Wildman–Crippen MR) is 165 cm³/mol. The SMILES string of the molecule is CCn1cc(C=C(NC(=O)c2cc(OC)c(OC)c(OC)c2)C(=O)NCCc2ccc(OC)c(OC)c2)c2ccccc21. The van der Waals surface area contributed by atoms with Gasteiger partial charge in [0, 0.05) is 41.3 Å². The molecule has 0 bridgehead atoms. The Morgan fingerprint density at radius 1 is 0.814 bits per heavy atom. The van der Waals surface area contributed by atoms with Crippen LogP contribution < -0.4 is 34.3 Å². The smallest absolute Gasteiger partial charge is 0.267 e. The second-order valence-electron chi connectivity index (χ2n) is 9.51. The Kier molecular flexibility index (Phi) is 10.2. The number of fused-ring (bicyclic) bond motifs is 1. The van der Waals surface area contributed by atoms with Crippen molar-refractivity contribution in [3.8, 4) is 28.7 Å². The van der Waals surface area contributed by atoms with Crippen LogP contribution in [0.25, 0.3) is 17.0 Å². The summed E-state index contributed by atoms with van der Waals surface area (Å²) < 4.78 is 29.0. The van der Waals surface area contributed by atoms with Crippen LogP contribution in [0.5, 0.6) is 28.7 Å². The lowest BCUT2D eigenvalue weighted by atomic mass is 10.1. The van der Waals surface area contributed by atoms with E-state index in [-0.39, 0.29) is 11.3 Å². The van der Waals surface area contributed by atoms with Gasteiger partial charge in [-0.3, -0.25) is 9.59 Å². The number of amides is 2. The Morgan fingerprint density at radius 2 is 1.49 bits per heavy atom. The second-order valence-corrected chi connectivity index (χ2v) is 9.51. The first-order valence-corrected chi connectivity index (χ1v) is 13.8. The van der Waals surface area contributed by atoms with E-state index in [2.05, 4.69) is 15.2 Å². The van der Waals surface area contributed by atoms with E-state index in [0.29, 0.717) is 41.7 Å². The average Bonchev–Trinajstić information content (AvgIpc) is 3.40. The van der Waals surface area contributed by atoms with Gasteiger partial charge < -0.3 is 38.9 Å². The largest absolute Gasteiger partial charge is 0.493 e. The molecule has 0 aliphatic heterocycles. The molecule has 0 atom stereocenters. The van der Waals surface area contributed by atoms with Gasteiger partial charge in [0.1, 0.15) is 5.70 Å². The average molecular weight is 588 g/mol. The van der Waals surface area contributed by atoms with E-state index in [1.54, 1.807) is 20.3 Å². The van der Waals surface area contributed by atoms with Crippen LogP contribution in [0, 0.1) is 0 Å². The molecule has 43 heavy (non-hydrogen) atoms. The number of carbonyl (C=O) groups excluding carboxylic acids is 2. The van der Waals surface area contributed by atoms with Gasteiger partial charge >= 0.3 is 0 Å². The number of carbonyl (C=O) groups is 2. The highest BCUT2D eigenvalue weighted by atomic mass is 16.5. The number of benzene rings is 3. The maximum Gasteiger partial charge on any atom is 0.267 e. The van der Waals surface area contributed by atoms with Crippen LogP contribution in [0.15, 0.2) is 66.5 Å². The number of aryl methyl sites for hydroxylation is 1. The Labute approximate surface area is 251 Å². The summed E-state index contributed by atoms with van der Waals surface area (Å²) in [6, 6.07) is 16.6. The molecule has 1 aromatic heterocycles. The van der Waals surface area contributed by atoms with E-state index >= 15 is 0 Å². The summed E-state index contributed by atoms with van der Waals surface area (Å²) in [5, 5.41) is 6.70. The predicted octanol–water partition coefficient (Wildman–Crippen LogP) is 4.83. The molecule has 226 valence electrons. The Bertz CT molecular complexity index is 1620. The molecule has 0 saturated heterocycles. The van der Waals surface area contributed by atoms with E-state index in [1.807, 2.05) is 55.6 Å². The van der Waals surface area contributed by atoms with Crippen molar-refractivity contribution in [2.24, 2.45) is 0 Å². The lowest BCUT2D eigenvalue weighted by molar-refractivity contribution is -0.117. The number of hydrogen-bond donors (Lipinski definition) is 2. The van der Waals surface area contributed by atoms with Gasteiger partial charge in [0.2, 0.25) is 5.75 Å². The van der Waals surface area contributed by atoms with E-state index in [1.165, 1.54) is 33.5 Å². The molecule has 0 aliphatic rings. The van der Waals surface area contributed by atoms with Crippen LogP contribution in [0.3, 0.4) is 0 Å². The molecule has 0 unspecified atom stereocenters. The highest BCUT2D eigenvalue weighted by Crippen LogP contribution is 2.38. The number of rotatable bonds is 13. The van der Waals surface area contributed by atoms with Crippen molar-refractivity contribution < 1.29 is 33.3 Å². The number of para-hydroxylation sites is 1. The third-order valence-corrected chi connectivity index (χ3v) is 7.03. The molecule has 2 amide bonds. The fourth-order valence-electron chi connectivity index (χ4n) is 4.82. The molecule has 2 N–H and O–H groups in total. The van der Waals surface area contributed by atoms with Gasteiger partial charge in [0.15, 0.2) is 23.0 Å². The zero-order valence-electron chi connectivity index (χ0n) is 25.3. The highest BCUT2D eigenvalue weighted by molar-refractivity contribution is 6.07. The van der Waals surface area contributed by atoms with E-state index < -0.39 is 11.8 Å². The number of nitrogens with zero attached hydrogens (tertiary/aromatic N) is 1. The van der Waals surface area contributed by atoms with Crippen LogP contribution in [0.1, 0.15) is 28.4 Å². The molecule has 10 heteroatoms. The van der Waals surface area contributed by atoms with Gasteiger partial charge in [0.25, 0.3) is 11.8 Å². The Balaban J connectivity index is 1.64. The van der Waals surface area contributed by atoms with E-state index in [9.17, 15) is 9.59 Å². The van der Waals surface area contributed by atoms with E-state index in [4.69, 9.17) is 23.7 Å². The molecule has 3 aromatic carbocycles. The highest BCUT2D eigenvalue weighted by Gasteiger charge is 2.20. The van der Waals surface area contributed by atoms with Crippen molar-refractivity contribution in [3.63, 3.8) is 0 Å². The maximum atomic E-state index is 13.6. The number of ether oxygens (including phenoxy) is 5. The van der Waals surface area contributed by atoms with Crippen molar-refractivity contribution in [2.45, 2.75) is 19.9 Å². The van der Waals surface area contributed by atoms with Gasteiger partial charge in [-0.15, -0.1) is 0 Å². The number of hydrogen-bond acceptors (Lipinski definition) is 7. The van der Waals surface area contributed by atoms with Crippen molar-refractivity contribution in [1.82, 2.24) is 15.2 Å². The van der Waals surface area contributed by atoms with Gasteiger partial charge in [-0.2, -0.15) is 0 Å². The van der Waals surface area contributed by atoms with Crippen LogP contribution in [-0.4, -0.2) is 58.5 Å². The third-order valence-electron chi connectivity index (χ3n) is 7.03. The monoisotopic (exact) mass is 587 g/mol. The summed E-state index contributed by atoms with van der Waals surface area (Å²) in [5.74, 6) is 1.29. The minimum Gasteiger partial charge on any atom is -0.493 e. The lowest BCUT2D eigenvalue weighted by Gasteiger charge is -2.15. The van der Waals surface area contributed by atoms with Crippen molar-refractivity contribution in [3.05, 3.63) is 83.2 Å². The number of nitrogens with one attached hydrogen (secondary N) is 2. The van der Waals surface area contributed by atoms with Gasteiger partial charge in [-0.25, -0.2) is 0 Å². The summed E-state index contributed by atoms with van der Waals surface area (Å²) in [6.45, 7) is 3.12. The van der Waals surface area contributed by atoms with Crippen LogP contribution in [0.2, 0.25) is 0 Å². The molecule has 0 fully saturated rings. The summed E-state index contributed by atoms with van der Waals surface area (Å²) in [6.07, 6.45) is 4.19. The zero-order valence-corrected chi connectivity index (χ0v) is 25.3. The van der Waals surface area contributed by atoms with Gasteiger partial charge in [-0.1, -0.05) is 24.3 Å². The van der Waals surface area contributed by atoms with E-state index in [0.717, 1.165) is 28.6 Å². The Morgan fingerprint density at radius 3 is 2.12 bits per heavy atom. The fourth-order valence-corrected chi connectivity index (χ4v) is 4.82. The molecule has 4 rings (SSSR count). The van der Waals surface area contributed by atoms with Crippen LogP contribution >= 0.6 is 0 Å². The molecule has 10 nitrogen and oxygen atoms in total. The second kappa shape index (κ2) is 14.2. The normalized spacial score (nSPS) is 11.2. The minimum atomic E-state index is -0.514. The quantitative estimate of drug-likeness (QED) is 0.216. The molecule has 0 aliphatic carbocycles. The van der Waals surface area contributed by atoms with Gasteiger partial charge in [-0.05, 0) is 55.3 Å². The van der Waals surface area contributed by atoms with Crippen molar-refractivity contribution >= 4 is 28.8 Å². The number of aromatic nitrogens is 1.